The Balaban J connectivity index is 1.56. The Kier molecular flexibility index (Phi) is 7.48. The van der Waals surface area contributed by atoms with E-state index in [1.807, 2.05) is 87.5 Å². The molecule has 0 bridgehead atoms. The fraction of sp³-hybridized carbons (Fsp3) is 0.107. The first kappa shape index (κ1) is 25.6. The summed E-state index contributed by atoms with van der Waals surface area (Å²) in [7, 11) is -3.14. The van der Waals surface area contributed by atoms with Gasteiger partial charge in [0.15, 0.2) is 13.1 Å². The third-order valence-corrected chi connectivity index (χ3v) is 6.62. The van der Waals surface area contributed by atoms with Crippen molar-refractivity contribution >= 4 is 25.2 Å². The molecule has 0 saturated heterocycles. The normalized spacial score (nSPS) is 11.0. The van der Waals surface area contributed by atoms with Gasteiger partial charge in [-0.1, -0.05) is 66.7 Å². The molecule has 3 aromatic carbocycles. The summed E-state index contributed by atoms with van der Waals surface area (Å²) in [6.45, 7) is 3.19. The van der Waals surface area contributed by atoms with E-state index in [9.17, 15) is 20.1 Å². The van der Waals surface area contributed by atoms with E-state index in [2.05, 4.69) is 23.6 Å². The summed E-state index contributed by atoms with van der Waals surface area (Å²) in [5.41, 5.74) is 5.62. The van der Waals surface area contributed by atoms with Crippen LogP contribution in [0.25, 0.3) is 11.4 Å². The van der Waals surface area contributed by atoms with Crippen molar-refractivity contribution < 1.29 is 33.8 Å². The molecule has 0 amide bonds. The maximum absolute atomic E-state index is 9.87. The first-order valence-corrected chi connectivity index (χ1v) is 12.4. The lowest BCUT2D eigenvalue weighted by Crippen LogP contribution is -2.49. The monoisotopic (exact) mass is 507 g/mol. The van der Waals surface area contributed by atoms with E-state index in [-0.39, 0.29) is 0 Å². The molecule has 0 aliphatic carbocycles. The number of benzene rings is 3. The van der Waals surface area contributed by atoms with Crippen LogP contribution in [0.1, 0.15) is 16.7 Å². The molecule has 0 saturated carbocycles. The van der Waals surface area contributed by atoms with E-state index >= 15 is 0 Å². The molecule has 0 spiro atoms. The number of aromatic nitrogens is 4. The van der Waals surface area contributed by atoms with E-state index in [1.165, 1.54) is 11.1 Å². The highest BCUT2D eigenvalue weighted by molar-refractivity contribution is 6.59. The maximum Gasteiger partial charge on any atom is 0.492 e. The Morgan fingerprint density at radius 1 is 0.711 bits per heavy atom. The zero-order valence-corrected chi connectivity index (χ0v) is 21.0. The molecule has 10 heteroatoms. The lowest BCUT2D eigenvalue weighted by atomic mass is 9.77. The Hall–Kier alpha value is -4.08. The Labute approximate surface area is 221 Å². The van der Waals surface area contributed by atoms with Gasteiger partial charge < -0.3 is 20.1 Å². The van der Waals surface area contributed by atoms with E-state index in [1.54, 1.807) is 24.3 Å². The molecule has 0 unspecified atom stereocenters. The predicted octanol–water partition coefficient (Wildman–Crippen LogP) is -0.906. The smallest absolute Gasteiger partial charge is 0.423 e. The van der Waals surface area contributed by atoms with Gasteiger partial charge in [-0.25, -0.2) is 4.57 Å². The van der Waals surface area contributed by atoms with Crippen molar-refractivity contribution in [1.29, 1.82) is 0 Å². The Morgan fingerprint density at radius 3 is 1.97 bits per heavy atom. The van der Waals surface area contributed by atoms with Crippen LogP contribution in [0.15, 0.2) is 110 Å². The van der Waals surface area contributed by atoms with Crippen LogP contribution in [0.5, 0.6) is 0 Å². The summed E-state index contributed by atoms with van der Waals surface area (Å²) in [4.78, 5) is 0. The topological polar surface area (TPSA) is 97.5 Å². The largest absolute Gasteiger partial charge is 0.492 e. The van der Waals surface area contributed by atoms with Crippen LogP contribution in [-0.4, -0.2) is 38.9 Å². The standard InChI is InChI=1S/C28H29B2N4O4/c1-22-8-2-3-9-23(22)16-31-18-25(19-32(20-31)17-24-10-4-5-11-26(24)29(35)36)33-14-15-34(21-33)28-13-7-6-12-27(28)30(37)38/h2-15,18-21,35-38H,16-17H2,1H3/q+3. The number of para-hydroxylation sites is 1. The Bertz CT molecular complexity index is 1570. The van der Waals surface area contributed by atoms with Gasteiger partial charge in [0, 0.05) is 16.6 Å². The molecule has 188 valence electrons. The minimum Gasteiger partial charge on any atom is -0.423 e. The minimum absolute atomic E-state index is 0.409. The molecule has 0 fully saturated rings. The zero-order valence-electron chi connectivity index (χ0n) is 21.0. The number of hydrogen-bond acceptors (Lipinski definition) is 4. The summed E-state index contributed by atoms with van der Waals surface area (Å²) in [5, 5.41) is 39.4. The molecule has 8 nitrogen and oxygen atoms in total. The average molecular weight is 507 g/mol. The summed E-state index contributed by atoms with van der Waals surface area (Å²) < 4.78 is 7.92. The van der Waals surface area contributed by atoms with Gasteiger partial charge >= 0.3 is 20.6 Å². The maximum atomic E-state index is 9.87. The van der Waals surface area contributed by atoms with Gasteiger partial charge in [-0.3, -0.25) is 0 Å². The number of rotatable bonds is 8. The number of aryl methyl sites for hydroxylation is 1. The molecule has 0 atom stereocenters. The van der Waals surface area contributed by atoms with Gasteiger partial charge in [0.05, 0.1) is 0 Å². The lowest BCUT2D eigenvalue weighted by Gasteiger charge is -2.06. The van der Waals surface area contributed by atoms with E-state index in [0.717, 1.165) is 11.3 Å². The van der Waals surface area contributed by atoms with Gasteiger partial charge in [0.25, 0.3) is 12.0 Å². The quantitative estimate of drug-likeness (QED) is 0.162. The fourth-order valence-corrected chi connectivity index (χ4v) is 4.64. The van der Waals surface area contributed by atoms with Crippen molar-refractivity contribution in [3.05, 3.63) is 127 Å². The third-order valence-electron chi connectivity index (χ3n) is 6.62. The van der Waals surface area contributed by atoms with Crippen molar-refractivity contribution in [1.82, 2.24) is 4.57 Å². The van der Waals surface area contributed by atoms with Crippen LogP contribution >= 0.6 is 0 Å². The first-order valence-electron chi connectivity index (χ1n) is 12.4. The predicted molar refractivity (Wildman–Crippen MR) is 143 cm³/mol. The lowest BCUT2D eigenvalue weighted by molar-refractivity contribution is -0.819. The van der Waals surface area contributed by atoms with E-state index < -0.39 is 14.2 Å². The van der Waals surface area contributed by atoms with Crippen LogP contribution in [0.3, 0.4) is 0 Å². The molecular weight excluding hydrogens is 478 g/mol. The van der Waals surface area contributed by atoms with Crippen molar-refractivity contribution in [2.75, 3.05) is 0 Å². The van der Waals surface area contributed by atoms with Gasteiger partial charge in [0.2, 0.25) is 12.4 Å². The van der Waals surface area contributed by atoms with Crippen LogP contribution in [0.4, 0.5) is 0 Å². The van der Waals surface area contributed by atoms with Crippen molar-refractivity contribution in [2.24, 2.45) is 0 Å². The molecular formula is C28H29B2N4O4+3. The van der Waals surface area contributed by atoms with Gasteiger partial charge in [-0.05, 0) is 24.0 Å². The summed E-state index contributed by atoms with van der Waals surface area (Å²) >= 11 is 0. The molecule has 0 aliphatic rings. The number of hydrogen-bond donors (Lipinski definition) is 4. The van der Waals surface area contributed by atoms with Crippen molar-refractivity contribution in [2.45, 2.75) is 20.0 Å². The highest BCUT2D eigenvalue weighted by Crippen LogP contribution is 2.08. The molecule has 5 rings (SSSR count). The molecule has 5 aromatic rings. The van der Waals surface area contributed by atoms with Crippen LogP contribution < -0.4 is 24.6 Å². The molecule has 4 N–H and O–H groups in total. The Morgan fingerprint density at radius 2 is 1.29 bits per heavy atom. The van der Waals surface area contributed by atoms with Crippen LogP contribution in [0.2, 0.25) is 0 Å². The van der Waals surface area contributed by atoms with Crippen LogP contribution in [-0.2, 0) is 13.1 Å². The second-order valence-electron chi connectivity index (χ2n) is 9.30. The minimum atomic E-state index is -1.58. The third kappa shape index (κ3) is 5.58. The fourth-order valence-electron chi connectivity index (χ4n) is 4.64. The van der Waals surface area contributed by atoms with Gasteiger partial charge in [-0.15, -0.1) is 9.13 Å². The molecule has 38 heavy (non-hydrogen) atoms. The summed E-state index contributed by atoms with van der Waals surface area (Å²) in [5.74, 6) is 0. The van der Waals surface area contributed by atoms with E-state index in [0.29, 0.717) is 29.7 Å². The molecule has 0 radical (unpaired) electrons. The van der Waals surface area contributed by atoms with E-state index in [4.69, 9.17) is 0 Å². The summed E-state index contributed by atoms with van der Waals surface area (Å²) in [6, 6.07) is 22.7. The number of imidazole rings is 1. The summed E-state index contributed by atoms with van der Waals surface area (Å²) in [6.07, 6.45) is 11.7. The highest BCUT2D eigenvalue weighted by atomic mass is 16.4. The van der Waals surface area contributed by atoms with Crippen molar-refractivity contribution in [3.63, 3.8) is 0 Å². The molecule has 2 heterocycles. The highest BCUT2D eigenvalue weighted by Gasteiger charge is 2.25. The second-order valence-corrected chi connectivity index (χ2v) is 9.30. The van der Waals surface area contributed by atoms with Crippen LogP contribution in [0, 0.1) is 6.92 Å². The number of nitrogens with zero attached hydrogens (tertiary/aromatic N) is 4. The zero-order chi connectivity index (χ0) is 26.6. The first-order chi connectivity index (χ1) is 18.4. The molecule has 0 aliphatic heterocycles. The van der Waals surface area contributed by atoms with Gasteiger partial charge in [0.1, 0.15) is 18.1 Å². The SMILES string of the molecule is Cc1ccccc1C[n+]1cc(-n2cc[n+](-c3ccccc3B(O)O)c2)c[n+](Cc2ccccc2B(O)O)c1. The van der Waals surface area contributed by atoms with Gasteiger partial charge in [-0.2, -0.15) is 4.57 Å². The molecule has 2 aromatic heterocycles. The van der Waals surface area contributed by atoms with Crippen molar-refractivity contribution in [3.8, 4) is 11.4 Å². The average Bonchev–Trinajstić information content (AvgIpc) is 3.40. The second kappa shape index (κ2) is 11.1.